The molecule has 1 aromatic carbocycles. The van der Waals surface area contributed by atoms with E-state index < -0.39 is 0 Å². The first kappa shape index (κ1) is 15.8. The lowest BCUT2D eigenvalue weighted by Gasteiger charge is -2.35. The summed E-state index contributed by atoms with van der Waals surface area (Å²) in [6.07, 6.45) is 6.55. The monoisotopic (exact) mass is 302 g/mol. The van der Waals surface area contributed by atoms with Gasteiger partial charge in [-0.1, -0.05) is 13.0 Å². The largest absolute Gasteiger partial charge is 0.497 e. The van der Waals surface area contributed by atoms with E-state index in [1.54, 1.807) is 7.11 Å². The van der Waals surface area contributed by atoms with Gasteiger partial charge in [0.25, 0.3) is 0 Å². The molecule has 2 aliphatic rings. The summed E-state index contributed by atoms with van der Waals surface area (Å²) in [5.41, 5.74) is 2.90. The Bertz CT molecular complexity index is 474. The molecule has 22 heavy (non-hydrogen) atoms. The van der Waals surface area contributed by atoms with Crippen LogP contribution in [-0.4, -0.2) is 37.7 Å². The number of hydrogen-bond donors (Lipinski definition) is 1. The van der Waals surface area contributed by atoms with Gasteiger partial charge in [0.2, 0.25) is 0 Å². The van der Waals surface area contributed by atoms with Crippen molar-refractivity contribution in [3.8, 4) is 5.75 Å². The van der Waals surface area contributed by atoms with Gasteiger partial charge in [0.1, 0.15) is 5.75 Å². The lowest BCUT2D eigenvalue weighted by atomic mass is 9.88. The summed E-state index contributed by atoms with van der Waals surface area (Å²) in [6.45, 7) is 7.06. The predicted octanol–water partition coefficient (Wildman–Crippen LogP) is 3.22. The third kappa shape index (κ3) is 3.64. The van der Waals surface area contributed by atoms with Gasteiger partial charge in [0.05, 0.1) is 7.11 Å². The predicted molar refractivity (Wildman–Crippen MR) is 91.4 cm³/mol. The second kappa shape index (κ2) is 7.47. The van der Waals surface area contributed by atoms with Crippen LogP contribution in [0.4, 0.5) is 0 Å². The van der Waals surface area contributed by atoms with E-state index in [1.807, 2.05) is 0 Å². The smallest absolute Gasteiger partial charge is 0.119 e. The number of nitrogens with one attached hydrogen (secondary N) is 1. The minimum atomic E-state index is 0.800. The Kier molecular flexibility index (Phi) is 5.37. The Morgan fingerprint density at radius 1 is 1.18 bits per heavy atom. The number of methoxy groups -OCH3 is 1. The number of nitrogens with zero attached hydrogens (tertiary/aromatic N) is 1. The summed E-state index contributed by atoms with van der Waals surface area (Å²) < 4.78 is 5.35. The lowest BCUT2D eigenvalue weighted by molar-refractivity contribution is 0.157. The fourth-order valence-corrected chi connectivity index (χ4v) is 4.08. The molecule has 0 spiro atoms. The normalized spacial score (nSPS) is 23.8. The highest BCUT2D eigenvalue weighted by Gasteiger charge is 2.28. The lowest BCUT2D eigenvalue weighted by Crippen LogP contribution is -2.40. The molecule has 2 saturated heterocycles. The summed E-state index contributed by atoms with van der Waals surface area (Å²) in [4.78, 5) is 2.63. The topological polar surface area (TPSA) is 24.5 Å². The fourth-order valence-electron chi connectivity index (χ4n) is 4.08. The second-order valence-corrected chi connectivity index (χ2v) is 6.80. The van der Waals surface area contributed by atoms with Crippen molar-refractivity contribution < 1.29 is 4.74 Å². The zero-order valence-electron chi connectivity index (χ0n) is 14.1. The molecule has 0 saturated carbocycles. The summed E-state index contributed by atoms with van der Waals surface area (Å²) in [5, 5.41) is 3.69. The first-order valence-electron chi connectivity index (χ1n) is 8.91. The minimum absolute atomic E-state index is 0.800. The van der Waals surface area contributed by atoms with Crippen LogP contribution in [0.5, 0.6) is 5.75 Å². The van der Waals surface area contributed by atoms with Crippen LogP contribution < -0.4 is 10.1 Å². The molecule has 3 rings (SSSR count). The van der Waals surface area contributed by atoms with Crippen LogP contribution >= 0.6 is 0 Å². The molecule has 0 aliphatic carbocycles. The molecule has 0 bridgehead atoms. The summed E-state index contributed by atoms with van der Waals surface area (Å²) in [6, 6.07) is 7.35. The van der Waals surface area contributed by atoms with Crippen molar-refractivity contribution in [2.45, 2.75) is 51.6 Å². The number of rotatable bonds is 5. The van der Waals surface area contributed by atoms with Crippen LogP contribution in [0, 0.1) is 5.92 Å². The second-order valence-electron chi connectivity index (χ2n) is 6.80. The number of piperidine rings is 1. The van der Waals surface area contributed by atoms with Gasteiger partial charge in [0.15, 0.2) is 0 Å². The maximum atomic E-state index is 5.35. The summed E-state index contributed by atoms with van der Waals surface area (Å²) in [5.74, 6) is 1.88. The summed E-state index contributed by atoms with van der Waals surface area (Å²) in [7, 11) is 1.75. The third-order valence-corrected chi connectivity index (χ3v) is 5.49. The Labute approximate surface area is 135 Å². The van der Waals surface area contributed by atoms with Gasteiger partial charge in [0, 0.05) is 12.6 Å². The number of likely N-dealkylation sites (tertiary alicyclic amines) is 1. The fraction of sp³-hybridized carbons (Fsp3) is 0.684. The van der Waals surface area contributed by atoms with Crippen molar-refractivity contribution in [1.29, 1.82) is 0 Å². The van der Waals surface area contributed by atoms with Crippen molar-refractivity contribution in [3.63, 3.8) is 0 Å². The molecule has 0 aromatic heterocycles. The zero-order valence-corrected chi connectivity index (χ0v) is 14.1. The van der Waals surface area contributed by atoms with Gasteiger partial charge in [-0.3, -0.25) is 4.90 Å². The maximum Gasteiger partial charge on any atom is 0.119 e. The van der Waals surface area contributed by atoms with Crippen molar-refractivity contribution in [3.05, 3.63) is 29.3 Å². The highest BCUT2D eigenvalue weighted by Crippen LogP contribution is 2.27. The van der Waals surface area contributed by atoms with Crippen LogP contribution in [0.1, 0.15) is 43.7 Å². The minimum Gasteiger partial charge on any atom is -0.497 e. The molecule has 2 aliphatic heterocycles. The third-order valence-electron chi connectivity index (χ3n) is 5.49. The van der Waals surface area contributed by atoms with Gasteiger partial charge < -0.3 is 10.1 Å². The SMILES string of the molecule is CCc1cc(OC)ccc1CN1CCC(C2CCCN2)CC1. The van der Waals surface area contributed by atoms with E-state index in [1.165, 1.54) is 56.4 Å². The molecular weight excluding hydrogens is 272 g/mol. The average Bonchev–Trinajstić information content (AvgIpc) is 3.10. The highest BCUT2D eigenvalue weighted by molar-refractivity contribution is 5.35. The van der Waals surface area contributed by atoms with E-state index in [0.717, 1.165) is 30.7 Å². The van der Waals surface area contributed by atoms with Crippen LogP contribution in [0.3, 0.4) is 0 Å². The Morgan fingerprint density at radius 2 is 2.00 bits per heavy atom. The van der Waals surface area contributed by atoms with Gasteiger partial charge in [-0.05, 0) is 80.9 Å². The number of benzene rings is 1. The number of hydrogen-bond acceptors (Lipinski definition) is 3. The maximum absolute atomic E-state index is 5.35. The van der Waals surface area contributed by atoms with Gasteiger partial charge in [-0.15, -0.1) is 0 Å². The van der Waals surface area contributed by atoms with E-state index in [-0.39, 0.29) is 0 Å². The van der Waals surface area contributed by atoms with Crippen molar-refractivity contribution >= 4 is 0 Å². The molecule has 1 N–H and O–H groups in total. The number of ether oxygens (including phenoxy) is 1. The van der Waals surface area contributed by atoms with Crippen molar-refractivity contribution in [2.75, 3.05) is 26.7 Å². The van der Waals surface area contributed by atoms with E-state index in [9.17, 15) is 0 Å². The molecule has 3 nitrogen and oxygen atoms in total. The molecule has 1 atom stereocenters. The molecule has 2 fully saturated rings. The Morgan fingerprint density at radius 3 is 2.64 bits per heavy atom. The highest BCUT2D eigenvalue weighted by atomic mass is 16.5. The van der Waals surface area contributed by atoms with E-state index >= 15 is 0 Å². The van der Waals surface area contributed by atoms with Crippen molar-refractivity contribution in [1.82, 2.24) is 10.2 Å². The zero-order chi connectivity index (χ0) is 15.4. The van der Waals surface area contributed by atoms with Crippen LogP contribution in [0.2, 0.25) is 0 Å². The number of aryl methyl sites for hydroxylation is 1. The van der Waals surface area contributed by atoms with E-state index in [2.05, 4.69) is 35.3 Å². The molecule has 3 heteroatoms. The standard InChI is InChI=1S/C19H30N2O/c1-3-15-13-18(22-2)7-6-17(15)14-21-11-8-16(9-12-21)19-5-4-10-20-19/h6-7,13,16,19-20H,3-5,8-12,14H2,1-2H3. The average molecular weight is 302 g/mol. The van der Waals surface area contributed by atoms with Crippen LogP contribution in [0.25, 0.3) is 0 Å². The quantitative estimate of drug-likeness (QED) is 0.904. The van der Waals surface area contributed by atoms with Gasteiger partial charge in [-0.25, -0.2) is 0 Å². The molecule has 122 valence electrons. The van der Waals surface area contributed by atoms with Gasteiger partial charge >= 0.3 is 0 Å². The first-order valence-corrected chi connectivity index (χ1v) is 8.91. The van der Waals surface area contributed by atoms with E-state index in [0.29, 0.717) is 0 Å². The summed E-state index contributed by atoms with van der Waals surface area (Å²) >= 11 is 0. The first-order chi connectivity index (χ1) is 10.8. The molecular formula is C19H30N2O. The van der Waals surface area contributed by atoms with Crippen LogP contribution in [0.15, 0.2) is 18.2 Å². The molecule has 1 unspecified atom stereocenters. The molecule has 0 amide bonds. The molecule has 1 aromatic rings. The Hall–Kier alpha value is -1.06. The molecule has 2 heterocycles. The van der Waals surface area contributed by atoms with Gasteiger partial charge in [-0.2, -0.15) is 0 Å². The van der Waals surface area contributed by atoms with Crippen molar-refractivity contribution in [2.24, 2.45) is 5.92 Å². The Balaban J connectivity index is 1.56. The van der Waals surface area contributed by atoms with E-state index in [4.69, 9.17) is 4.74 Å². The van der Waals surface area contributed by atoms with Crippen LogP contribution in [-0.2, 0) is 13.0 Å². The molecule has 0 radical (unpaired) electrons.